The number of nitrogens with one attached hydrogen (secondary N) is 1. The molecule has 1 saturated heterocycles. The monoisotopic (exact) mass is 480 g/mol. The highest BCUT2D eigenvalue weighted by molar-refractivity contribution is 6.31. The first-order chi connectivity index (χ1) is 16.5. The number of aryl methyl sites for hydroxylation is 1. The zero-order valence-electron chi connectivity index (χ0n) is 19.7. The largest absolute Gasteiger partial charge is 0.465 e. The fourth-order valence-corrected chi connectivity index (χ4v) is 4.19. The molecule has 0 aliphatic carbocycles. The van der Waals surface area contributed by atoms with Crippen LogP contribution in [0.2, 0.25) is 5.02 Å². The molecule has 34 heavy (non-hydrogen) atoms. The van der Waals surface area contributed by atoms with Crippen LogP contribution in [-0.4, -0.2) is 65.7 Å². The average Bonchev–Trinajstić information content (AvgIpc) is 2.88. The van der Waals surface area contributed by atoms with Crippen molar-refractivity contribution >= 4 is 29.2 Å². The van der Waals surface area contributed by atoms with Gasteiger partial charge in [0.25, 0.3) is 0 Å². The zero-order chi connectivity index (χ0) is 24.1. The third kappa shape index (κ3) is 5.46. The van der Waals surface area contributed by atoms with Crippen LogP contribution in [0.1, 0.15) is 28.4 Å². The van der Waals surface area contributed by atoms with E-state index in [0.29, 0.717) is 23.2 Å². The molecule has 4 rings (SSSR count). The zero-order valence-corrected chi connectivity index (χ0v) is 20.5. The van der Waals surface area contributed by atoms with Crippen LogP contribution in [0, 0.1) is 6.92 Å². The summed E-state index contributed by atoms with van der Waals surface area (Å²) in [7, 11) is 1.33. The molecule has 3 aromatic rings. The van der Waals surface area contributed by atoms with E-state index in [1.807, 2.05) is 37.3 Å². The molecule has 1 aliphatic rings. The third-order valence-corrected chi connectivity index (χ3v) is 6.35. The molecule has 0 amide bonds. The normalized spacial score (nSPS) is 14.2. The van der Waals surface area contributed by atoms with Crippen molar-refractivity contribution in [1.29, 1.82) is 0 Å². The molecular formula is C25H29ClN6O2. The number of hydrogen-bond donors (Lipinski definition) is 1. The van der Waals surface area contributed by atoms with Gasteiger partial charge < -0.3 is 19.9 Å². The number of carbonyl (C=O) groups excluding carboxylic acids is 1. The Morgan fingerprint density at radius 2 is 1.91 bits per heavy atom. The number of hydrogen-bond acceptors (Lipinski definition) is 8. The van der Waals surface area contributed by atoms with Gasteiger partial charge in [-0.15, -0.1) is 0 Å². The lowest BCUT2D eigenvalue weighted by Crippen LogP contribution is -2.46. The number of benzene rings is 1. The van der Waals surface area contributed by atoms with Crippen molar-refractivity contribution in [2.24, 2.45) is 0 Å². The minimum absolute atomic E-state index is 0.257. The molecule has 0 spiro atoms. The molecule has 1 N–H and O–H groups in total. The van der Waals surface area contributed by atoms with E-state index in [1.54, 1.807) is 6.20 Å². The molecule has 2 aromatic heterocycles. The van der Waals surface area contributed by atoms with Crippen LogP contribution >= 0.6 is 11.6 Å². The number of carbonyl (C=O) groups is 1. The highest BCUT2D eigenvalue weighted by Crippen LogP contribution is 2.24. The number of anilines is 2. The van der Waals surface area contributed by atoms with Gasteiger partial charge in [-0.25, -0.2) is 19.7 Å². The van der Waals surface area contributed by atoms with Crippen molar-refractivity contribution in [2.45, 2.75) is 20.4 Å². The van der Waals surface area contributed by atoms with Crippen molar-refractivity contribution in [3.8, 4) is 11.4 Å². The Morgan fingerprint density at radius 1 is 1.12 bits per heavy atom. The van der Waals surface area contributed by atoms with Crippen LogP contribution in [0.4, 0.5) is 11.6 Å². The number of halogens is 1. The number of rotatable bonds is 7. The number of piperazine rings is 1. The Balaban J connectivity index is 1.54. The fraction of sp³-hybridized carbons (Fsp3) is 0.360. The summed E-state index contributed by atoms with van der Waals surface area (Å²) in [5.41, 5.74) is 3.01. The van der Waals surface area contributed by atoms with E-state index in [0.717, 1.165) is 55.2 Å². The lowest BCUT2D eigenvalue weighted by atomic mass is 10.1. The van der Waals surface area contributed by atoms with Crippen molar-refractivity contribution < 1.29 is 9.53 Å². The number of nitrogens with zero attached hydrogens (tertiary/aromatic N) is 5. The van der Waals surface area contributed by atoms with Gasteiger partial charge in [-0.2, -0.15) is 0 Å². The standard InChI is InChI=1S/C25H29ClN6O2/c1-4-31-9-11-32(12-10-31)22-8-7-19(15-27-22)23-29-16-20(25(33)34-3)24(30-23)28-14-18-6-5-17(2)13-21(18)26/h5-8,13,15-16H,4,9-12,14H2,1-3H3,(H,28,29,30). The molecule has 178 valence electrons. The second-order valence-electron chi connectivity index (χ2n) is 8.22. The molecule has 1 fully saturated rings. The van der Waals surface area contributed by atoms with Gasteiger partial charge in [-0.1, -0.05) is 30.7 Å². The maximum atomic E-state index is 12.3. The predicted molar refractivity (Wildman–Crippen MR) is 134 cm³/mol. The van der Waals surface area contributed by atoms with Gasteiger partial charge in [-0.05, 0) is 42.8 Å². The van der Waals surface area contributed by atoms with Gasteiger partial charge in [0.05, 0.1) is 7.11 Å². The van der Waals surface area contributed by atoms with Gasteiger partial charge in [0.1, 0.15) is 17.2 Å². The maximum absolute atomic E-state index is 12.3. The van der Waals surface area contributed by atoms with Crippen molar-refractivity contribution in [3.05, 3.63) is 64.4 Å². The van der Waals surface area contributed by atoms with Crippen molar-refractivity contribution in [1.82, 2.24) is 19.9 Å². The molecule has 1 aromatic carbocycles. The summed E-state index contributed by atoms with van der Waals surface area (Å²) in [6, 6.07) is 9.80. The summed E-state index contributed by atoms with van der Waals surface area (Å²) in [5.74, 6) is 1.29. The number of pyridine rings is 1. The van der Waals surface area contributed by atoms with Crippen LogP contribution in [0.3, 0.4) is 0 Å². The molecule has 0 radical (unpaired) electrons. The number of methoxy groups -OCH3 is 1. The molecular weight excluding hydrogens is 452 g/mol. The lowest BCUT2D eigenvalue weighted by Gasteiger charge is -2.34. The number of aromatic nitrogens is 3. The van der Waals surface area contributed by atoms with Crippen LogP contribution in [-0.2, 0) is 11.3 Å². The van der Waals surface area contributed by atoms with Crippen molar-refractivity contribution in [3.63, 3.8) is 0 Å². The summed E-state index contributed by atoms with van der Waals surface area (Å²) in [6.45, 7) is 9.65. The molecule has 9 heteroatoms. The van der Waals surface area contributed by atoms with Gasteiger partial charge in [-0.3, -0.25) is 0 Å². The van der Waals surface area contributed by atoms with E-state index >= 15 is 0 Å². The lowest BCUT2D eigenvalue weighted by molar-refractivity contribution is 0.0601. The molecule has 0 unspecified atom stereocenters. The first-order valence-electron chi connectivity index (χ1n) is 11.4. The van der Waals surface area contributed by atoms with Gasteiger partial charge >= 0.3 is 5.97 Å². The van der Waals surface area contributed by atoms with E-state index in [-0.39, 0.29) is 5.56 Å². The maximum Gasteiger partial charge on any atom is 0.343 e. The number of ether oxygens (including phenoxy) is 1. The van der Waals surface area contributed by atoms with Crippen LogP contribution in [0.15, 0.2) is 42.7 Å². The highest BCUT2D eigenvalue weighted by Gasteiger charge is 2.19. The Labute approximate surface area is 204 Å². The third-order valence-electron chi connectivity index (χ3n) is 6.00. The predicted octanol–water partition coefficient (Wildman–Crippen LogP) is 4.04. The van der Waals surface area contributed by atoms with Crippen LogP contribution in [0.25, 0.3) is 11.4 Å². The summed E-state index contributed by atoms with van der Waals surface area (Å²) < 4.78 is 4.91. The molecule has 0 saturated carbocycles. The Hall–Kier alpha value is -3.23. The van der Waals surface area contributed by atoms with Gasteiger partial charge in [0.15, 0.2) is 5.82 Å². The summed E-state index contributed by atoms with van der Waals surface area (Å²) in [4.78, 5) is 30.6. The van der Waals surface area contributed by atoms with Crippen molar-refractivity contribution in [2.75, 3.05) is 50.1 Å². The van der Waals surface area contributed by atoms with Crippen LogP contribution in [0.5, 0.6) is 0 Å². The molecule has 0 atom stereocenters. The molecule has 3 heterocycles. The van der Waals surface area contributed by atoms with E-state index in [4.69, 9.17) is 16.3 Å². The molecule has 0 bridgehead atoms. The summed E-state index contributed by atoms with van der Waals surface area (Å²) in [5, 5.41) is 3.87. The van der Waals surface area contributed by atoms with E-state index in [9.17, 15) is 4.79 Å². The minimum atomic E-state index is -0.510. The van der Waals surface area contributed by atoms with E-state index in [1.165, 1.54) is 13.3 Å². The van der Waals surface area contributed by atoms with Gasteiger partial charge in [0, 0.05) is 55.7 Å². The number of likely N-dealkylation sites (N-methyl/N-ethyl adjacent to an activating group) is 1. The quantitative estimate of drug-likeness (QED) is 0.507. The summed E-state index contributed by atoms with van der Waals surface area (Å²) in [6.07, 6.45) is 3.25. The van der Waals surface area contributed by atoms with E-state index in [2.05, 4.69) is 37.0 Å². The average molecular weight is 481 g/mol. The Kier molecular flexibility index (Phi) is 7.59. The first kappa shape index (κ1) is 23.9. The molecule has 1 aliphatic heterocycles. The fourth-order valence-electron chi connectivity index (χ4n) is 3.89. The van der Waals surface area contributed by atoms with Gasteiger partial charge in [0.2, 0.25) is 0 Å². The topological polar surface area (TPSA) is 83.5 Å². The Morgan fingerprint density at radius 3 is 2.56 bits per heavy atom. The first-order valence-corrected chi connectivity index (χ1v) is 11.7. The number of esters is 1. The summed E-state index contributed by atoms with van der Waals surface area (Å²) >= 11 is 6.37. The SMILES string of the molecule is CCN1CCN(c2ccc(-c3ncc(C(=O)OC)c(NCc4ccc(C)cc4Cl)n3)cn2)CC1. The second kappa shape index (κ2) is 10.8. The highest BCUT2D eigenvalue weighted by atomic mass is 35.5. The van der Waals surface area contributed by atoms with Crippen LogP contribution < -0.4 is 10.2 Å². The molecule has 8 nitrogen and oxygen atoms in total. The van der Waals surface area contributed by atoms with E-state index < -0.39 is 5.97 Å². The minimum Gasteiger partial charge on any atom is -0.465 e. The Bertz CT molecular complexity index is 1150. The second-order valence-corrected chi connectivity index (χ2v) is 8.63. The smallest absolute Gasteiger partial charge is 0.343 e.